The molecule has 0 saturated heterocycles. The first-order valence-corrected chi connectivity index (χ1v) is 7.29. The fourth-order valence-corrected chi connectivity index (χ4v) is 2.61. The third-order valence-corrected chi connectivity index (χ3v) is 3.80. The molecule has 0 unspecified atom stereocenters. The molecule has 21 heavy (non-hydrogen) atoms. The minimum absolute atomic E-state index is 0.639. The molecule has 0 aliphatic carbocycles. The third-order valence-electron chi connectivity index (χ3n) is 3.32. The van der Waals surface area contributed by atoms with E-state index in [0.717, 1.165) is 33.5 Å². The highest BCUT2D eigenvalue weighted by atomic mass is 35.5. The zero-order valence-corrected chi connectivity index (χ0v) is 12.9. The number of fused-ring (bicyclic) bond motifs is 1. The monoisotopic (exact) mass is 317 g/mol. The van der Waals surface area contributed by atoms with Crippen molar-refractivity contribution in [3.8, 4) is 5.88 Å². The van der Waals surface area contributed by atoms with Crippen molar-refractivity contribution in [3.63, 3.8) is 0 Å². The van der Waals surface area contributed by atoms with Crippen molar-refractivity contribution in [2.75, 3.05) is 7.11 Å². The molecule has 0 aliphatic rings. The van der Waals surface area contributed by atoms with Crippen LogP contribution in [0.5, 0.6) is 5.88 Å². The standard InChI is InChI=1S/C17H13Cl2NO/c1-21-17-13(8-11-2-4-14(18)5-3-11)9-12-10-15(19)6-7-16(12)20-17/h2-7,9-10H,8H2,1H3. The van der Waals surface area contributed by atoms with Crippen molar-refractivity contribution in [2.45, 2.75) is 6.42 Å². The number of aromatic nitrogens is 1. The minimum Gasteiger partial charge on any atom is -0.481 e. The molecular formula is C17H13Cl2NO. The lowest BCUT2D eigenvalue weighted by Crippen LogP contribution is -1.97. The summed E-state index contributed by atoms with van der Waals surface area (Å²) in [6.07, 6.45) is 0.732. The molecule has 2 aromatic carbocycles. The maximum Gasteiger partial charge on any atom is 0.217 e. The smallest absolute Gasteiger partial charge is 0.217 e. The maximum absolute atomic E-state index is 6.05. The summed E-state index contributed by atoms with van der Waals surface area (Å²) in [4.78, 5) is 4.54. The van der Waals surface area contributed by atoms with E-state index in [0.29, 0.717) is 10.9 Å². The van der Waals surface area contributed by atoms with Gasteiger partial charge in [-0.3, -0.25) is 0 Å². The van der Waals surface area contributed by atoms with E-state index in [1.54, 1.807) is 7.11 Å². The molecule has 0 aliphatic heterocycles. The van der Waals surface area contributed by atoms with Gasteiger partial charge in [-0.2, -0.15) is 0 Å². The van der Waals surface area contributed by atoms with Crippen LogP contribution >= 0.6 is 23.2 Å². The van der Waals surface area contributed by atoms with Crippen LogP contribution in [-0.2, 0) is 6.42 Å². The number of benzene rings is 2. The summed E-state index contributed by atoms with van der Waals surface area (Å²) >= 11 is 12.0. The zero-order chi connectivity index (χ0) is 14.8. The average molecular weight is 318 g/mol. The van der Waals surface area contributed by atoms with E-state index in [1.165, 1.54) is 0 Å². The third kappa shape index (κ3) is 3.12. The molecule has 3 aromatic rings. The van der Waals surface area contributed by atoms with Crippen molar-refractivity contribution in [3.05, 3.63) is 69.7 Å². The van der Waals surface area contributed by atoms with Crippen LogP contribution in [0, 0.1) is 0 Å². The highest BCUT2D eigenvalue weighted by Gasteiger charge is 2.09. The molecule has 0 N–H and O–H groups in total. The number of methoxy groups -OCH3 is 1. The minimum atomic E-state index is 0.639. The zero-order valence-electron chi connectivity index (χ0n) is 11.4. The average Bonchev–Trinajstić information content (AvgIpc) is 2.49. The lowest BCUT2D eigenvalue weighted by Gasteiger charge is -2.10. The maximum atomic E-state index is 6.05. The molecule has 0 fully saturated rings. The molecule has 2 nitrogen and oxygen atoms in total. The Labute approximate surface area is 133 Å². The van der Waals surface area contributed by atoms with Gasteiger partial charge in [0.15, 0.2) is 0 Å². The van der Waals surface area contributed by atoms with Gasteiger partial charge in [0.25, 0.3) is 0 Å². The molecule has 0 bridgehead atoms. The molecule has 0 atom stereocenters. The van der Waals surface area contributed by atoms with Gasteiger partial charge in [-0.05, 0) is 42.0 Å². The number of hydrogen-bond acceptors (Lipinski definition) is 2. The summed E-state index contributed by atoms with van der Waals surface area (Å²) in [6, 6.07) is 15.5. The molecule has 1 heterocycles. The molecule has 3 rings (SSSR count). The van der Waals surface area contributed by atoms with Gasteiger partial charge in [0.2, 0.25) is 5.88 Å². The van der Waals surface area contributed by atoms with Crippen LogP contribution in [0.4, 0.5) is 0 Å². The van der Waals surface area contributed by atoms with Crippen LogP contribution in [-0.4, -0.2) is 12.1 Å². The molecule has 0 saturated carbocycles. The van der Waals surface area contributed by atoms with Gasteiger partial charge < -0.3 is 4.74 Å². The Morgan fingerprint density at radius 1 is 0.952 bits per heavy atom. The first kappa shape index (κ1) is 14.2. The number of nitrogens with zero attached hydrogens (tertiary/aromatic N) is 1. The van der Waals surface area contributed by atoms with Gasteiger partial charge >= 0.3 is 0 Å². The second-order valence-electron chi connectivity index (χ2n) is 4.80. The Bertz CT molecular complexity index is 785. The second kappa shape index (κ2) is 5.92. The Kier molecular flexibility index (Phi) is 4.00. The van der Waals surface area contributed by atoms with Crippen molar-refractivity contribution in [1.82, 2.24) is 4.98 Å². The number of pyridine rings is 1. The quantitative estimate of drug-likeness (QED) is 0.667. The van der Waals surface area contributed by atoms with Gasteiger partial charge in [0.05, 0.1) is 12.6 Å². The number of rotatable bonds is 3. The Hall–Kier alpha value is -1.77. The van der Waals surface area contributed by atoms with Gasteiger partial charge in [0.1, 0.15) is 0 Å². The van der Waals surface area contributed by atoms with Crippen LogP contribution in [0.15, 0.2) is 48.5 Å². The van der Waals surface area contributed by atoms with Crippen LogP contribution in [0.2, 0.25) is 10.0 Å². The van der Waals surface area contributed by atoms with E-state index in [2.05, 4.69) is 11.1 Å². The van der Waals surface area contributed by atoms with E-state index < -0.39 is 0 Å². The van der Waals surface area contributed by atoms with Crippen LogP contribution < -0.4 is 4.74 Å². The molecule has 1 aromatic heterocycles. The normalized spacial score (nSPS) is 10.8. The van der Waals surface area contributed by atoms with Gasteiger partial charge in [-0.25, -0.2) is 4.98 Å². The lowest BCUT2D eigenvalue weighted by molar-refractivity contribution is 0.395. The first-order chi connectivity index (χ1) is 10.2. The summed E-state index contributed by atoms with van der Waals surface area (Å²) in [5, 5.41) is 2.44. The Morgan fingerprint density at radius 3 is 2.38 bits per heavy atom. The molecule has 106 valence electrons. The van der Waals surface area contributed by atoms with Crippen LogP contribution in [0.3, 0.4) is 0 Å². The number of halogens is 2. The van der Waals surface area contributed by atoms with E-state index in [1.807, 2.05) is 42.5 Å². The Balaban J connectivity index is 2.05. The van der Waals surface area contributed by atoms with Crippen molar-refractivity contribution in [2.24, 2.45) is 0 Å². The topological polar surface area (TPSA) is 22.1 Å². The molecule has 0 radical (unpaired) electrons. The number of ether oxygens (including phenoxy) is 1. The summed E-state index contributed by atoms with van der Waals surface area (Å²) < 4.78 is 5.41. The SMILES string of the molecule is COc1nc2ccc(Cl)cc2cc1Cc1ccc(Cl)cc1. The lowest BCUT2D eigenvalue weighted by atomic mass is 10.0. The summed E-state index contributed by atoms with van der Waals surface area (Å²) in [5.74, 6) is 0.639. The second-order valence-corrected chi connectivity index (χ2v) is 5.67. The number of hydrogen-bond donors (Lipinski definition) is 0. The highest BCUT2D eigenvalue weighted by molar-refractivity contribution is 6.31. The van der Waals surface area contributed by atoms with Crippen molar-refractivity contribution < 1.29 is 4.74 Å². The van der Waals surface area contributed by atoms with Crippen molar-refractivity contribution >= 4 is 34.1 Å². The van der Waals surface area contributed by atoms with Crippen molar-refractivity contribution in [1.29, 1.82) is 0 Å². The summed E-state index contributed by atoms with van der Waals surface area (Å²) in [7, 11) is 1.63. The largest absolute Gasteiger partial charge is 0.481 e. The predicted molar refractivity (Wildman–Crippen MR) is 87.6 cm³/mol. The van der Waals surface area contributed by atoms with E-state index >= 15 is 0 Å². The van der Waals surface area contributed by atoms with E-state index in [4.69, 9.17) is 27.9 Å². The predicted octanol–water partition coefficient (Wildman–Crippen LogP) is 5.14. The van der Waals surface area contributed by atoms with E-state index in [9.17, 15) is 0 Å². The molecule has 0 amide bonds. The fourth-order valence-electron chi connectivity index (χ4n) is 2.30. The van der Waals surface area contributed by atoms with Gasteiger partial charge in [-0.15, -0.1) is 0 Å². The first-order valence-electron chi connectivity index (χ1n) is 6.53. The van der Waals surface area contributed by atoms with Crippen LogP contribution in [0.25, 0.3) is 10.9 Å². The highest BCUT2D eigenvalue weighted by Crippen LogP contribution is 2.26. The molecule has 4 heteroatoms. The van der Waals surface area contributed by atoms with Gasteiger partial charge in [-0.1, -0.05) is 35.3 Å². The fraction of sp³-hybridized carbons (Fsp3) is 0.118. The molecular weight excluding hydrogens is 305 g/mol. The van der Waals surface area contributed by atoms with E-state index in [-0.39, 0.29) is 0 Å². The van der Waals surface area contributed by atoms with Crippen LogP contribution in [0.1, 0.15) is 11.1 Å². The Morgan fingerprint density at radius 2 is 1.67 bits per heavy atom. The molecule has 0 spiro atoms. The van der Waals surface area contributed by atoms with Gasteiger partial charge in [0, 0.05) is 27.4 Å². The summed E-state index contributed by atoms with van der Waals surface area (Å²) in [6.45, 7) is 0. The summed E-state index contributed by atoms with van der Waals surface area (Å²) in [5.41, 5.74) is 3.05.